The third-order valence-corrected chi connectivity index (χ3v) is 2.44. The van der Waals surface area contributed by atoms with E-state index in [-0.39, 0.29) is 13.2 Å². The van der Waals surface area contributed by atoms with Crippen molar-refractivity contribution in [1.82, 2.24) is 24.5 Å². The summed E-state index contributed by atoms with van der Waals surface area (Å²) in [5, 5.41) is 7.96. The highest BCUT2D eigenvalue weighted by Crippen LogP contribution is 2.01. The highest BCUT2D eigenvalue weighted by Gasteiger charge is 2.09. The topological polar surface area (TPSA) is 101 Å². The maximum atomic E-state index is 11.6. The number of nitrogens with two attached hydrogens (primary N) is 1. The zero-order valence-electron chi connectivity index (χ0n) is 10.7. The van der Waals surface area contributed by atoms with Crippen molar-refractivity contribution in [3.05, 3.63) is 24.5 Å². The van der Waals surface area contributed by atoms with Gasteiger partial charge in [0, 0.05) is 12.7 Å². The molecule has 0 aromatic carbocycles. The first-order valence-electron chi connectivity index (χ1n) is 5.99. The van der Waals surface area contributed by atoms with Crippen LogP contribution in [0.4, 0.5) is 5.69 Å². The van der Waals surface area contributed by atoms with Crippen molar-refractivity contribution in [2.24, 2.45) is 0 Å². The van der Waals surface area contributed by atoms with Crippen molar-refractivity contribution in [2.75, 3.05) is 5.73 Å². The van der Waals surface area contributed by atoms with Crippen LogP contribution in [0.15, 0.2) is 18.7 Å². The summed E-state index contributed by atoms with van der Waals surface area (Å²) in [6.45, 7) is 2.93. The SMILES string of the molecule is CCCn1ncnc1COC(=O)Cn1cc(N)cn1. The minimum absolute atomic E-state index is 0.0269. The number of aryl methyl sites for hydroxylation is 1. The van der Waals surface area contributed by atoms with Gasteiger partial charge in [0.25, 0.3) is 0 Å². The number of carbonyl (C=O) groups is 1. The molecule has 0 saturated carbocycles. The normalized spacial score (nSPS) is 10.6. The Morgan fingerprint density at radius 1 is 1.47 bits per heavy atom. The molecule has 8 heteroatoms. The van der Waals surface area contributed by atoms with Crippen molar-refractivity contribution < 1.29 is 9.53 Å². The monoisotopic (exact) mass is 264 g/mol. The number of anilines is 1. The third-order valence-electron chi connectivity index (χ3n) is 2.44. The van der Waals surface area contributed by atoms with Crippen LogP contribution in [0.5, 0.6) is 0 Å². The van der Waals surface area contributed by atoms with Gasteiger partial charge in [0.05, 0.1) is 11.9 Å². The van der Waals surface area contributed by atoms with E-state index >= 15 is 0 Å². The molecule has 0 radical (unpaired) electrons. The number of ether oxygens (including phenoxy) is 1. The number of rotatable bonds is 6. The molecule has 0 fully saturated rings. The van der Waals surface area contributed by atoms with E-state index in [2.05, 4.69) is 15.2 Å². The Morgan fingerprint density at radius 2 is 2.32 bits per heavy atom. The zero-order valence-corrected chi connectivity index (χ0v) is 10.7. The Morgan fingerprint density at radius 3 is 3.00 bits per heavy atom. The third kappa shape index (κ3) is 3.54. The first-order valence-corrected chi connectivity index (χ1v) is 5.99. The van der Waals surface area contributed by atoms with Crippen LogP contribution in [0.25, 0.3) is 0 Å². The molecule has 0 bridgehead atoms. The summed E-state index contributed by atoms with van der Waals surface area (Å²) in [5.41, 5.74) is 6.01. The van der Waals surface area contributed by atoms with E-state index in [1.165, 1.54) is 17.2 Å². The van der Waals surface area contributed by atoms with Gasteiger partial charge in [-0.2, -0.15) is 10.2 Å². The number of hydrogen-bond acceptors (Lipinski definition) is 6. The van der Waals surface area contributed by atoms with Gasteiger partial charge >= 0.3 is 5.97 Å². The molecule has 0 unspecified atom stereocenters. The van der Waals surface area contributed by atoms with Crippen molar-refractivity contribution in [2.45, 2.75) is 33.0 Å². The van der Waals surface area contributed by atoms with E-state index in [1.54, 1.807) is 10.9 Å². The molecule has 0 amide bonds. The Labute approximate surface area is 110 Å². The molecular weight excluding hydrogens is 248 g/mol. The van der Waals surface area contributed by atoms with Crippen LogP contribution < -0.4 is 5.73 Å². The van der Waals surface area contributed by atoms with E-state index in [0.717, 1.165) is 13.0 Å². The molecule has 8 nitrogen and oxygen atoms in total. The lowest BCUT2D eigenvalue weighted by Crippen LogP contribution is -2.16. The molecular formula is C11H16N6O2. The molecule has 2 rings (SSSR count). The summed E-state index contributed by atoms with van der Waals surface area (Å²) in [6, 6.07) is 0. The number of aromatic nitrogens is 5. The predicted molar refractivity (Wildman–Crippen MR) is 66.7 cm³/mol. The summed E-state index contributed by atoms with van der Waals surface area (Å²) in [6.07, 6.45) is 5.44. The van der Waals surface area contributed by atoms with Crippen LogP contribution in [-0.2, 0) is 29.2 Å². The van der Waals surface area contributed by atoms with Gasteiger partial charge in [-0.1, -0.05) is 6.92 Å². The fourth-order valence-electron chi connectivity index (χ4n) is 1.59. The minimum atomic E-state index is -0.394. The van der Waals surface area contributed by atoms with Gasteiger partial charge in [0.2, 0.25) is 0 Å². The highest BCUT2D eigenvalue weighted by molar-refractivity contribution is 5.69. The molecule has 2 N–H and O–H groups in total. The molecule has 0 aliphatic rings. The van der Waals surface area contributed by atoms with Gasteiger partial charge in [-0.15, -0.1) is 0 Å². The molecule has 0 atom stereocenters. The number of hydrogen-bond donors (Lipinski definition) is 1. The number of nitrogens with zero attached hydrogens (tertiary/aromatic N) is 5. The summed E-state index contributed by atoms with van der Waals surface area (Å²) in [5.74, 6) is 0.240. The average Bonchev–Trinajstić information content (AvgIpc) is 2.97. The summed E-state index contributed by atoms with van der Waals surface area (Å²) in [7, 11) is 0. The van der Waals surface area contributed by atoms with Crippen molar-refractivity contribution in [3.63, 3.8) is 0 Å². The number of carbonyl (C=O) groups excluding carboxylic acids is 1. The lowest BCUT2D eigenvalue weighted by molar-refractivity contribution is -0.146. The van der Waals surface area contributed by atoms with Gasteiger partial charge in [-0.25, -0.2) is 9.67 Å². The van der Waals surface area contributed by atoms with Gasteiger partial charge in [0.15, 0.2) is 12.4 Å². The van der Waals surface area contributed by atoms with Gasteiger partial charge in [-0.05, 0) is 6.42 Å². The fourth-order valence-corrected chi connectivity index (χ4v) is 1.59. The quantitative estimate of drug-likeness (QED) is 0.748. The van der Waals surface area contributed by atoms with Gasteiger partial charge in [-0.3, -0.25) is 9.48 Å². The molecule has 102 valence electrons. The van der Waals surface area contributed by atoms with Crippen LogP contribution in [0.2, 0.25) is 0 Å². The molecule has 2 aromatic rings. The maximum absolute atomic E-state index is 11.6. The molecule has 19 heavy (non-hydrogen) atoms. The molecule has 0 aliphatic heterocycles. The maximum Gasteiger partial charge on any atom is 0.328 e. The lowest BCUT2D eigenvalue weighted by atomic mass is 10.5. The summed E-state index contributed by atoms with van der Waals surface area (Å²) >= 11 is 0. The van der Waals surface area contributed by atoms with Crippen LogP contribution >= 0.6 is 0 Å². The molecule has 0 aliphatic carbocycles. The molecule has 2 heterocycles. The largest absolute Gasteiger partial charge is 0.456 e. The van der Waals surface area contributed by atoms with E-state index in [1.807, 2.05) is 6.92 Å². The van der Waals surface area contributed by atoms with Crippen LogP contribution in [0.1, 0.15) is 19.2 Å². The molecule has 0 saturated heterocycles. The van der Waals surface area contributed by atoms with Gasteiger partial charge < -0.3 is 10.5 Å². The average molecular weight is 264 g/mol. The van der Waals surface area contributed by atoms with Crippen LogP contribution in [0.3, 0.4) is 0 Å². The number of nitrogen functional groups attached to an aromatic ring is 1. The van der Waals surface area contributed by atoms with E-state index < -0.39 is 5.97 Å². The molecule has 2 aromatic heterocycles. The zero-order chi connectivity index (χ0) is 13.7. The second-order valence-corrected chi connectivity index (χ2v) is 4.03. The Kier molecular flexibility index (Phi) is 4.11. The Hall–Kier alpha value is -2.38. The smallest absolute Gasteiger partial charge is 0.328 e. The van der Waals surface area contributed by atoms with Crippen LogP contribution in [-0.4, -0.2) is 30.5 Å². The first kappa shape index (κ1) is 13.1. The Balaban J connectivity index is 1.84. The number of esters is 1. The van der Waals surface area contributed by atoms with Crippen LogP contribution in [0, 0.1) is 0 Å². The standard InChI is InChI=1S/C11H16N6O2/c1-2-3-17-10(13-8-15-17)7-19-11(18)6-16-5-9(12)4-14-16/h4-5,8H,2-3,6-7,12H2,1H3. The second-order valence-electron chi connectivity index (χ2n) is 4.03. The fraction of sp³-hybridized carbons (Fsp3) is 0.455. The summed E-state index contributed by atoms with van der Waals surface area (Å²) < 4.78 is 8.27. The van der Waals surface area contributed by atoms with Gasteiger partial charge in [0.1, 0.15) is 12.9 Å². The van der Waals surface area contributed by atoms with E-state index in [0.29, 0.717) is 11.5 Å². The Bertz CT molecular complexity index is 547. The predicted octanol–water partition coefficient (Wildman–Crippen LogP) is 0.210. The minimum Gasteiger partial charge on any atom is -0.456 e. The lowest BCUT2D eigenvalue weighted by Gasteiger charge is -2.06. The van der Waals surface area contributed by atoms with E-state index in [4.69, 9.17) is 10.5 Å². The molecule has 0 spiro atoms. The first-order chi connectivity index (χ1) is 9.19. The van der Waals surface area contributed by atoms with Crippen molar-refractivity contribution in [1.29, 1.82) is 0 Å². The van der Waals surface area contributed by atoms with E-state index in [9.17, 15) is 4.79 Å². The second kappa shape index (κ2) is 5.98. The van der Waals surface area contributed by atoms with Crippen molar-refractivity contribution in [3.8, 4) is 0 Å². The highest BCUT2D eigenvalue weighted by atomic mass is 16.5. The van der Waals surface area contributed by atoms with Crippen molar-refractivity contribution >= 4 is 11.7 Å². The summed E-state index contributed by atoms with van der Waals surface area (Å²) in [4.78, 5) is 15.7.